The van der Waals surface area contributed by atoms with Gasteiger partial charge in [0, 0.05) is 45.3 Å². The Bertz CT molecular complexity index is 658. The summed E-state index contributed by atoms with van der Waals surface area (Å²) in [6.45, 7) is 5.67. The van der Waals surface area contributed by atoms with Crippen LogP contribution in [0, 0.1) is 13.8 Å². The Balaban J connectivity index is 1.89. The summed E-state index contributed by atoms with van der Waals surface area (Å²) in [6, 6.07) is 0. The normalized spacial score (nSPS) is 17.0. The molecule has 22 heavy (non-hydrogen) atoms. The molecule has 0 spiro atoms. The van der Waals surface area contributed by atoms with Crippen LogP contribution in [-0.2, 0) is 28.3 Å². The van der Waals surface area contributed by atoms with Gasteiger partial charge in [-0.05, 0) is 25.8 Å². The van der Waals surface area contributed by atoms with Crippen LogP contribution in [0.1, 0.15) is 23.4 Å². The van der Waals surface area contributed by atoms with Crippen molar-refractivity contribution in [3.63, 3.8) is 0 Å². The van der Waals surface area contributed by atoms with E-state index in [4.69, 9.17) is 0 Å². The molecule has 1 aliphatic rings. The SMILES string of the molecule is Cc1nn(C)c(C)c1CCC(=O)N1CCN(S(C)(=O)=O)CC1. The lowest BCUT2D eigenvalue weighted by molar-refractivity contribution is -0.132. The molecule has 0 atom stereocenters. The second kappa shape index (κ2) is 6.37. The van der Waals surface area contributed by atoms with Gasteiger partial charge in [0.25, 0.3) is 0 Å². The van der Waals surface area contributed by atoms with Crippen LogP contribution in [0.2, 0.25) is 0 Å². The van der Waals surface area contributed by atoms with Crippen molar-refractivity contribution in [2.75, 3.05) is 32.4 Å². The highest BCUT2D eigenvalue weighted by molar-refractivity contribution is 7.88. The largest absolute Gasteiger partial charge is 0.340 e. The van der Waals surface area contributed by atoms with Crippen molar-refractivity contribution in [1.82, 2.24) is 19.0 Å². The highest BCUT2D eigenvalue weighted by Crippen LogP contribution is 2.15. The van der Waals surface area contributed by atoms with Gasteiger partial charge in [-0.3, -0.25) is 9.48 Å². The molecule has 1 aliphatic heterocycles. The van der Waals surface area contributed by atoms with Crippen LogP contribution in [0.3, 0.4) is 0 Å². The molecule has 1 aromatic heterocycles. The van der Waals surface area contributed by atoms with Gasteiger partial charge in [0.2, 0.25) is 15.9 Å². The molecule has 0 aromatic carbocycles. The van der Waals surface area contributed by atoms with E-state index in [0.717, 1.165) is 17.0 Å². The number of sulfonamides is 1. The maximum absolute atomic E-state index is 12.3. The van der Waals surface area contributed by atoms with Gasteiger partial charge in [-0.1, -0.05) is 0 Å². The second-order valence-electron chi connectivity index (χ2n) is 5.82. The number of hydrogen-bond donors (Lipinski definition) is 0. The van der Waals surface area contributed by atoms with E-state index in [0.29, 0.717) is 39.0 Å². The van der Waals surface area contributed by atoms with E-state index in [1.165, 1.54) is 10.6 Å². The number of amides is 1. The quantitative estimate of drug-likeness (QED) is 0.784. The van der Waals surface area contributed by atoms with E-state index in [9.17, 15) is 13.2 Å². The fourth-order valence-electron chi connectivity index (χ4n) is 2.84. The first-order valence-corrected chi connectivity index (χ1v) is 9.27. The van der Waals surface area contributed by atoms with Gasteiger partial charge in [0.15, 0.2) is 0 Å². The Kier molecular flexibility index (Phi) is 4.91. The number of aryl methyl sites for hydroxylation is 2. The van der Waals surface area contributed by atoms with Gasteiger partial charge < -0.3 is 4.90 Å². The molecule has 2 heterocycles. The van der Waals surface area contributed by atoms with Gasteiger partial charge in [0.1, 0.15) is 0 Å². The minimum absolute atomic E-state index is 0.0794. The maximum Gasteiger partial charge on any atom is 0.222 e. The fraction of sp³-hybridized carbons (Fsp3) is 0.714. The summed E-state index contributed by atoms with van der Waals surface area (Å²) in [5.74, 6) is 0.0794. The first-order chi connectivity index (χ1) is 10.2. The molecular formula is C14H24N4O3S. The monoisotopic (exact) mass is 328 g/mol. The standard InChI is InChI=1S/C14H24N4O3S/c1-11-13(12(2)16(3)15-11)5-6-14(19)17-7-9-18(10-8-17)22(4,20)21/h5-10H2,1-4H3. The van der Waals surface area contributed by atoms with Crippen molar-refractivity contribution >= 4 is 15.9 Å². The Labute approximate surface area is 131 Å². The first kappa shape index (κ1) is 17.0. The fourth-order valence-corrected chi connectivity index (χ4v) is 3.67. The smallest absolute Gasteiger partial charge is 0.222 e. The summed E-state index contributed by atoms with van der Waals surface area (Å²) in [5, 5.41) is 4.36. The van der Waals surface area contributed by atoms with Gasteiger partial charge in [0.05, 0.1) is 11.9 Å². The van der Waals surface area contributed by atoms with Gasteiger partial charge in [-0.2, -0.15) is 9.40 Å². The topological polar surface area (TPSA) is 75.5 Å². The van der Waals surface area contributed by atoms with Crippen LogP contribution in [0.15, 0.2) is 0 Å². The number of carbonyl (C=O) groups is 1. The van der Waals surface area contributed by atoms with Gasteiger partial charge in [-0.15, -0.1) is 0 Å². The van der Waals surface area contributed by atoms with Crippen molar-refractivity contribution in [2.24, 2.45) is 7.05 Å². The molecule has 2 rings (SSSR count). The van der Waals surface area contributed by atoms with Crippen molar-refractivity contribution in [2.45, 2.75) is 26.7 Å². The summed E-state index contributed by atoms with van der Waals surface area (Å²) in [7, 11) is -1.25. The van der Waals surface area contributed by atoms with Crippen LogP contribution < -0.4 is 0 Å². The molecule has 1 fully saturated rings. The van der Waals surface area contributed by atoms with Crippen LogP contribution >= 0.6 is 0 Å². The predicted molar refractivity (Wildman–Crippen MR) is 84.0 cm³/mol. The minimum Gasteiger partial charge on any atom is -0.340 e. The number of carbonyl (C=O) groups excluding carboxylic acids is 1. The minimum atomic E-state index is -3.15. The predicted octanol–water partition coefficient (Wildman–Crippen LogP) is 0.0733. The lowest BCUT2D eigenvalue weighted by atomic mass is 10.1. The Morgan fingerprint density at radius 2 is 1.77 bits per heavy atom. The molecule has 1 amide bonds. The Morgan fingerprint density at radius 1 is 1.18 bits per heavy atom. The van der Waals surface area contributed by atoms with E-state index in [1.807, 2.05) is 25.6 Å². The Hall–Kier alpha value is -1.41. The molecular weight excluding hydrogens is 304 g/mol. The number of hydrogen-bond acceptors (Lipinski definition) is 4. The van der Waals surface area contributed by atoms with E-state index in [-0.39, 0.29) is 5.91 Å². The third-order valence-corrected chi connectivity index (χ3v) is 5.61. The number of aromatic nitrogens is 2. The number of rotatable bonds is 4. The zero-order valence-electron chi connectivity index (χ0n) is 13.7. The van der Waals surface area contributed by atoms with Crippen LogP contribution in [0.25, 0.3) is 0 Å². The summed E-state index contributed by atoms with van der Waals surface area (Å²) in [4.78, 5) is 14.0. The number of nitrogens with zero attached hydrogens (tertiary/aromatic N) is 4. The number of piperazine rings is 1. The van der Waals surface area contributed by atoms with E-state index < -0.39 is 10.0 Å². The Morgan fingerprint density at radius 3 is 2.23 bits per heavy atom. The van der Waals surface area contributed by atoms with Crippen LogP contribution in [0.4, 0.5) is 0 Å². The lowest BCUT2D eigenvalue weighted by Gasteiger charge is -2.33. The molecule has 0 bridgehead atoms. The second-order valence-corrected chi connectivity index (χ2v) is 7.80. The van der Waals surface area contributed by atoms with Gasteiger partial charge in [-0.25, -0.2) is 8.42 Å². The van der Waals surface area contributed by atoms with Crippen molar-refractivity contribution in [3.8, 4) is 0 Å². The molecule has 0 N–H and O–H groups in total. The first-order valence-electron chi connectivity index (χ1n) is 7.42. The third-order valence-electron chi connectivity index (χ3n) is 4.31. The molecule has 7 nitrogen and oxygen atoms in total. The average molecular weight is 328 g/mol. The zero-order chi connectivity index (χ0) is 16.5. The molecule has 124 valence electrons. The van der Waals surface area contributed by atoms with E-state index in [2.05, 4.69) is 5.10 Å². The summed E-state index contributed by atoms with van der Waals surface area (Å²) >= 11 is 0. The molecule has 0 unspecified atom stereocenters. The molecule has 0 saturated carbocycles. The lowest BCUT2D eigenvalue weighted by Crippen LogP contribution is -2.50. The zero-order valence-corrected chi connectivity index (χ0v) is 14.5. The summed E-state index contributed by atoms with van der Waals surface area (Å²) < 4.78 is 26.2. The van der Waals surface area contributed by atoms with Gasteiger partial charge >= 0.3 is 0 Å². The van der Waals surface area contributed by atoms with Crippen molar-refractivity contribution in [3.05, 3.63) is 17.0 Å². The van der Waals surface area contributed by atoms with E-state index >= 15 is 0 Å². The third kappa shape index (κ3) is 3.67. The average Bonchev–Trinajstić information content (AvgIpc) is 2.69. The maximum atomic E-state index is 12.3. The van der Waals surface area contributed by atoms with Crippen LogP contribution in [-0.4, -0.2) is 65.7 Å². The molecule has 0 radical (unpaired) electrons. The highest BCUT2D eigenvalue weighted by Gasteiger charge is 2.26. The van der Waals surface area contributed by atoms with E-state index in [1.54, 1.807) is 4.90 Å². The van der Waals surface area contributed by atoms with Crippen molar-refractivity contribution < 1.29 is 13.2 Å². The molecule has 8 heteroatoms. The highest BCUT2D eigenvalue weighted by atomic mass is 32.2. The van der Waals surface area contributed by atoms with Crippen LogP contribution in [0.5, 0.6) is 0 Å². The summed E-state index contributed by atoms with van der Waals surface area (Å²) in [6.07, 6.45) is 2.32. The molecule has 0 aliphatic carbocycles. The molecule has 1 saturated heterocycles. The molecule has 1 aromatic rings. The van der Waals surface area contributed by atoms with Crippen molar-refractivity contribution in [1.29, 1.82) is 0 Å². The summed E-state index contributed by atoms with van der Waals surface area (Å²) in [5.41, 5.74) is 3.19.